The topological polar surface area (TPSA) is 84.9 Å². The maximum atomic E-state index is 12.6. The molecule has 29 heavy (non-hydrogen) atoms. The SMILES string of the molecule is CCc1ccc(NC(=O)[C@H](C)Oc2ccc(S(=O)(=O)N3CCOCC3)cc2)cc1. The van der Waals surface area contributed by atoms with Gasteiger partial charge in [-0.15, -0.1) is 0 Å². The summed E-state index contributed by atoms with van der Waals surface area (Å²) < 4.78 is 37.6. The highest BCUT2D eigenvalue weighted by Gasteiger charge is 2.26. The number of carbonyl (C=O) groups excluding carboxylic acids is 1. The number of nitrogens with zero attached hydrogens (tertiary/aromatic N) is 1. The zero-order valence-corrected chi connectivity index (χ0v) is 17.4. The van der Waals surface area contributed by atoms with Crippen LogP contribution in [0, 0.1) is 0 Å². The van der Waals surface area contributed by atoms with Gasteiger partial charge in [-0.05, 0) is 55.3 Å². The summed E-state index contributed by atoms with van der Waals surface area (Å²) in [4.78, 5) is 12.5. The highest BCUT2D eigenvalue weighted by molar-refractivity contribution is 7.89. The average Bonchev–Trinajstić information content (AvgIpc) is 2.75. The molecule has 0 spiro atoms. The van der Waals surface area contributed by atoms with Crippen molar-refractivity contribution in [2.24, 2.45) is 0 Å². The maximum absolute atomic E-state index is 12.6. The number of morpholine rings is 1. The molecule has 1 aliphatic rings. The van der Waals surface area contributed by atoms with Crippen molar-refractivity contribution >= 4 is 21.6 Å². The zero-order chi connectivity index (χ0) is 20.9. The lowest BCUT2D eigenvalue weighted by Crippen LogP contribution is -2.40. The second-order valence-electron chi connectivity index (χ2n) is 6.79. The third-order valence-electron chi connectivity index (χ3n) is 4.74. The van der Waals surface area contributed by atoms with Gasteiger partial charge in [-0.1, -0.05) is 19.1 Å². The summed E-state index contributed by atoms with van der Waals surface area (Å²) in [7, 11) is -3.55. The van der Waals surface area contributed by atoms with Crippen molar-refractivity contribution in [1.29, 1.82) is 0 Å². The Morgan fingerprint density at radius 3 is 2.31 bits per heavy atom. The second-order valence-corrected chi connectivity index (χ2v) is 8.73. The predicted octanol–water partition coefficient (Wildman–Crippen LogP) is 2.68. The van der Waals surface area contributed by atoms with E-state index in [4.69, 9.17) is 9.47 Å². The van der Waals surface area contributed by atoms with Gasteiger partial charge in [0.05, 0.1) is 18.1 Å². The van der Waals surface area contributed by atoms with Crippen LogP contribution in [0.5, 0.6) is 5.75 Å². The van der Waals surface area contributed by atoms with Crippen molar-refractivity contribution in [3.8, 4) is 5.75 Å². The van der Waals surface area contributed by atoms with Crippen LogP contribution in [0.3, 0.4) is 0 Å². The lowest BCUT2D eigenvalue weighted by molar-refractivity contribution is -0.122. The number of anilines is 1. The van der Waals surface area contributed by atoms with Crippen molar-refractivity contribution in [2.75, 3.05) is 31.6 Å². The van der Waals surface area contributed by atoms with Crippen LogP contribution in [0.4, 0.5) is 5.69 Å². The second kappa shape index (κ2) is 9.39. The molecule has 8 heteroatoms. The third kappa shape index (κ3) is 5.35. The summed E-state index contributed by atoms with van der Waals surface area (Å²) in [5.41, 5.74) is 1.90. The van der Waals surface area contributed by atoms with Gasteiger partial charge in [0.25, 0.3) is 5.91 Å². The van der Waals surface area contributed by atoms with Gasteiger partial charge in [0.2, 0.25) is 10.0 Å². The Morgan fingerprint density at radius 2 is 1.72 bits per heavy atom. The molecule has 1 amide bonds. The highest BCUT2D eigenvalue weighted by Crippen LogP contribution is 2.21. The normalized spacial score (nSPS) is 16.2. The summed E-state index contributed by atoms with van der Waals surface area (Å²) in [6.45, 7) is 5.20. The number of rotatable bonds is 7. The first-order chi connectivity index (χ1) is 13.9. The van der Waals surface area contributed by atoms with Crippen LogP contribution in [0.15, 0.2) is 53.4 Å². The van der Waals surface area contributed by atoms with E-state index in [0.29, 0.717) is 37.7 Å². The molecule has 0 radical (unpaired) electrons. The van der Waals surface area contributed by atoms with Crippen molar-refractivity contribution < 1.29 is 22.7 Å². The van der Waals surface area contributed by atoms with Gasteiger partial charge in [-0.2, -0.15) is 4.31 Å². The number of aryl methyl sites for hydroxylation is 1. The van der Waals surface area contributed by atoms with Gasteiger partial charge in [0.1, 0.15) is 5.75 Å². The number of amides is 1. The Kier molecular flexibility index (Phi) is 6.89. The minimum Gasteiger partial charge on any atom is -0.481 e. The molecule has 1 aliphatic heterocycles. The van der Waals surface area contributed by atoms with E-state index in [1.54, 1.807) is 19.1 Å². The number of carbonyl (C=O) groups is 1. The Balaban J connectivity index is 1.60. The fourth-order valence-electron chi connectivity index (χ4n) is 2.95. The number of nitrogens with one attached hydrogen (secondary N) is 1. The number of hydrogen-bond acceptors (Lipinski definition) is 5. The Morgan fingerprint density at radius 1 is 1.10 bits per heavy atom. The quantitative estimate of drug-likeness (QED) is 0.747. The molecule has 2 aromatic carbocycles. The lowest BCUT2D eigenvalue weighted by atomic mass is 10.1. The number of benzene rings is 2. The van der Waals surface area contributed by atoms with Crippen LogP contribution in [0.25, 0.3) is 0 Å². The van der Waals surface area contributed by atoms with Crippen LogP contribution >= 0.6 is 0 Å². The van der Waals surface area contributed by atoms with Crippen molar-refractivity contribution in [3.05, 3.63) is 54.1 Å². The third-order valence-corrected chi connectivity index (χ3v) is 6.66. The summed E-state index contributed by atoms with van der Waals surface area (Å²) in [5.74, 6) is 0.147. The van der Waals surface area contributed by atoms with Crippen molar-refractivity contribution in [2.45, 2.75) is 31.3 Å². The molecular formula is C21H26N2O5S. The van der Waals surface area contributed by atoms with E-state index in [0.717, 1.165) is 6.42 Å². The van der Waals surface area contributed by atoms with E-state index < -0.39 is 16.1 Å². The molecule has 0 aromatic heterocycles. The molecule has 0 bridgehead atoms. The monoisotopic (exact) mass is 418 g/mol. The number of hydrogen-bond donors (Lipinski definition) is 1. The molecule has 1 N–H and O–H groups in total. The van der Waals surface area contributed by atoms with E-state index in [1.165, 1.54) is 22.0 Å². The first-order valence-corrected chi connectivity index (χ1v) is 11.1. The maximum Gasteiger partial charge on any atom is 0.265 e. The first kappa shape index (κ1) is 21.3. The Labute approximate surface area is 171 Å². The van der Waals surface area contributed by atoms with Crippen LogP contribution < -0.4 is 10.1 Å². The fraction of sp³-hybridized carbons (Fsp3) is 0.381. The van der Waals surface area contributed by atoms with Gasteiger partial charge in [0.15, 0.2) is 6.10 Å². The minimum atomic E-state index is -3.55. The molecule has 1 atom stereocenters. The van der Waals surface area contributed by atoms with Gasteiger partial charge < -0.3 is 14.8 Å². The van der Waals surface area contributed by atoms with Gasteiger partial charge >= 0.3 is 0 Å². The molecular weight excluding hydrogens is 392 g/mol. The molecule has 3 rings (SSSR count). The van der Waals surface area contributed by atoms with Crippen LogP contribution in [0.2, 0.25) is 0 Å². The largest absolute Gasteiger partial charge is 0.481 e. The van der Waals surface area contributed by atoms with E-state index in [2.05, 4.69) is 12.2 Å². The molecule has 156 valence electrons. The van der Waals surface area contributed by atoms with Gasteiger partial charge in [-0.25, -0.2) is 8.42 Å². The summed E-state index contributed by atoms with van der Waals surface area (Å²) in [6.07, 6.45) is 0.202. The smallest absolute Gasteiger partial charge is 0.265 e. The molecule has 0 unspecified atom stereocenters. The highest BCUT2D eigenvalue weighted by atomic mass is 32.2. The number of sulfonamides is 1. The minimum absolute atomic E-state index is 0.194. The molecule has 2 aromatic rings. The van der Waals surface area contributed by atoms with Crippen LogP contribution in [0.1, 0.15) is 19.4 Å². The van der Waals surface area contributed by atoms with E-state index in [-0.39, 0.29) is 10.8 Å². The summed E-state index contributed by atoms with van der Waals surface area (Å²) in [6, 6.07) is 13.8. The van der Waals surface area contributed by atoms with E-state index in [9.17, 15) is 13.2 Å². The summed E-state index contributed by atoms with van der Waals surface area (Å²) in [5, 5.41) is 2.81. The van der Waals surface area contributed by atoms with Crippen molar-refractivity contribution in [3.63, 3.8) is 0 Å². The predicted molar refractivity (Wildman–Crippen MR) is 111 cm³/mol. The van der Waals surface area contributed by atoms with Gasteiger partial charge in [0, 0.05) is 18.8 Å². The number of ether oxygens (including phenoxy) is 2. The standard InChI is InChI=1S/C21H26N2O5S/c1-3-17-4-6-18(7-5-17)22-21(24)16(2)28-19-8-10-20(11-9-19)29(25,26)23-12-14-27-15-13-23/h4-11,16H,3,12-15H2,1-2H3,(H,22,24)/t16-/m0/s1. The van der Waals surface area contributed by atoms with E-state index >= 15 is 0 Å². The fourth-order valence-corrected chi connectivity index (χ4v) is 4.36. The Hall–Kier alpha value is -2.42. The summed E-state index contributed by atoms with van der Waals surface area (Å²) >= 11 is 0. The molecule has 1 saturated heterocycles. The molecule has 0 aliphatic carbocycles. The molecule has 1 fully saturated rings. The zero-order valence-electron chi connectivity index (χ0n) is 16.6. The molecule has 1 heterocycles. The average molecular weight is 419 g/mol. The van der Waals surface area contributed by atoms with Crippen LogP contribution in [-0.4, -0.2) is 51.0 Å². The Bertz CT molecular complexity index is 921. The van der Waals surface area contributed by atoms with E-state index in [1.807, 2.05) is 24.3 Å². The first-order valence-electron chi connectivity index (χ1n) is 9.64. The molecule has 7 nitrogen and oxygen atoms in total. The van der Waals surface area contributed by atoms with Gasteiger partial charge in [-0.3, -0.25) is 4.79 Å². The van der Waals surface area contributed by atoms with Crippen LogP contribution in [-0.2, 0) is 26.0 Å². The van der Waals surface area contributed by atoms with Crippen molar-refractivity contribution in [1.82, 2.24) is 4.31 Å². The lowest BCUT2D eigenvalue weighted by Gasteiger charge is -2.26. The molecule has 0 saturated carbocycles.